The lowest BCUT2D eigenvalue weighted by molar-refractivity contribution is -0.158. The van der Waals surface area contributed by atoms with Gasteiger partial charge in [-0.2, -0.15) is 5.26 Å². The van der Waals surface area contributed by atoms with Crippen molar-refractivity contribution in [2.75, 3.05) is 13.2 Å². The summed E-state index contributed by atoms with van der Waals surface area (Å²) >= 11 is 0. The Hall–Kier alpha value is -3.13. The van der Waals surface area contributed by atoms with Crippen molar-refractivity contribution in [2.45, 2.75) is 66.3 Å². The Balaban J connectivity index is 2.30. The lowest BCUT2D eigenvalue weighted by atomic mass is 9.81. The van der Waals surface area contributed by atoms with Gasteiger partial charge in [-0.15, -0.1) is 0 Å². The van der Waals surface area contributed by atoms with Crippen LogP contribution in [-0.4, -0.2) is 29.9 Å². The highest BCUT2D eigenvalue weighted by atomic mass is 16.5. The number of hydrogen-bond donors (Lipinski definition) is 0. The van der Waals surface area contributed by atoms with Crippen LogP contribution >= 0.6 is 0 Å². The van der Waals surface area contributed by atoms with Crippen molar-refractivity contribution in [2.24, 2.45) is 5.41 Å². The molecule has 2 aromatic carbocycles. The fourth-order valence-electron chi connectivity index (χ4n) is 4.04. The number of esters is 1. The molecule has 1 amide bonds. The molecule has 176 valence electrons. The fourth-order valence-corrected chi connectivity index (χ4v) is 4.04. The summed E-state index contributed by atoms with van der Waals surface area (Å²) in [6, 6.07) is 17.7. The van der Waals surface area contributed by atoms with E-state index in [1.807, 2.05) is 74.2 Å². The van der Waals surface area contributed by atoms with Gasteiger partial charge in [0, 0.05) is 19.5 Å². The monoisotopic (exact) mass is 448 g/mol. The summed E-state index contributed by atoms with van der Waals surface area (Å²) < 4.78 is 5.38. The first-order valence-electron chi connectivity index (χ1n) is 12.0. The molecule has 5 nitrogen and oxygen atoms in total. The largest absolute Gasteiger partial charge is 0.466 e. The normalized spacial score (nSPS) is 11.0. The van der Waals surface area contributed by atoms with Crippen LogP contribution in [0.3, 0.4) is 0 Å². The molecule has 0 atom stereocenters. The maximum absolute atomic E-state index is 13.1. The van der Waals surface area contributed by atoms with Crippen molar-refractivity contribution in [3.05, 3.63) is 59.7 Å². The van der Waals surface area contributed by atoms with Gasteiger partial charge in [0.1, 0.15) is 0 Å². The zero-order valence-corrected chi connectivity index (χ0v) is 20.4. The van der Waals surface area contributed by atoms with E-state index in [9.17, 15) is 14.9 Å². The van der Waals surface area contributed by atoms with Gasteiger partial charge in [0.15, 0.2) is 0 Å². The summed E-state index contributed by atoms with van der Waals surface area (Å²) in [6.45, 7) is 8.95. The van der Waals surface area contributed by atoms with Crippen LogP contribution in [-0.2, 0) is 20.9 Å². The number of ether oxygens (including phenoxy) is 1. The SMILES string of the molecule is CCCCC(=O)N(Cc1ccc(-c2ccccc2C#N)cc1)CC(CC)(CC)C(=O)OCC. The molecule has 0 aliphatic rings. The van der Waals surface area contributed by atoms with Crippen LogP contribution in [0, 0.1) is 16.7 Å². The zero-order chi connectivity index (χ0) is 24.3. The van der Waals surface area contributed by atoms with Gasteiger partial charge in [-0.05, 0) is 48.9 Å². The zero-order valence-electron chi connectivity index (χ0n) is 20.4. The number of unbranched alkanes of at least 4 members (excludes halogenated alkanes) is 1. The maximum Gasteiger partial charge on any atom is 0.313 e. The molecule has 0 spiro atoms. The van der Waals surface area contributed by atoms with E-state index in [4.69, 9.17) is 4.74 Å². The number of rotatable bonds is 12. The molecule has 0 saturated carbocycles. The summed E-state index contributed by atoms with van der Waals surface area (Å²) in [5, 5.41) is 9.39. The third-order valence-electron chi connectivity index (χ3n) is 6.34. The van der Waals surface area contributed by atoms with Crippen molar-refractivity contribution in [1.82, 2.24) is 4.90 Å². The van der Waals surface area contributed by atoms with Gasteiger partial charge in [-0.25, -0.2) is 0 Å². The Morgan fingerprint density at radius 1 is 1.00 bits per heavy atom. The number of amides is 1. The van der Waals surface area contributed by atoms with Crippen molar-refractivity contribution < 1.29 is 14.3 Å². The summed E-state index contributed by atoms with van der Waals surface area (Å²) in [5.41, 5.74) is 2.77. The lowest BCUT2D eigenvalue weighted by Crippen LogP contribution is -2.45. The maximum atomic E-state index is 13.1. The van der Waals surface area contributed by atoms with Gasteiger partial charge in [0.05, 0.1) is 23.7 Å². The van der Waals surface area contributed by atoms with E-state index in [1.165, 1.54) is 0 Å². The summed E-state index contributed by atoms with van der Waals surface area (Å²) in [5.74, 6) is -0.168. The molecule has 0 fully saturated rings. The molecule has 0 unspecified atom stereocenters. The Morgan fingerprint density at radius 2 is 1.67 bits per heavy atom. The van der Waals surface area contributed by atoms with Gasteiger partial charge in [-0.1, -0.05) is 69.7 Å². The van der Waals surface area contributed by atoms with Crippen LogP contribution in [0.2, 0.25) is 0 Å². The quantitative estimate of drug-likeness (QED) is 0.367. The second-order valence-corrected chi connectivity index (χ2v) is 8.42. The molecule has 0 N–H and O–H groups in total. The Kier molecular flexibility index (Phi) is 10.1. The van der Waals surface area contributed by atoms with Crippen LogP contribution < -0.4 is 0 Å². The van der Waals surface area contributed by atoms with Gasteiger partial charge in [0.2, 0.25) is 5.91 Å². The summed E-state index contributed by atoms with van der Waals surface area (Å²) in [7, 11) is 0. The second kappa shape index (κ2) is 12.8. The van der Waals surface area contributed by atoms with E-state index in [2.05, 4.69) is 13.0 Å². The number of benzene rings is 2. The molecular weight excluding hydrogens is 412 g/mol. The first-order chi connectivity index (χ1) is 15.9. The lowest BCUT2D eigenvalue weighted by Gasteiger charge is -2.35. The predicted molar refractivity (Wildman–Crippen MR) is 131 cm³/mol. The van der Waals surface area contributed by atoms with Gasteiger partial charge < -0.3 is 9.64 Å². The van der Waals surface area contributed by atoms with Crippen molar-refractivity contribution >= 4 is 11.9 Å². The number of nitrogens with zero attached hydrogens (tertiary/aromatic N) is 2. The molecule has 33 heavy (non-hydrogen) atoms. The molecule has 0 heterocycles. The molecule has 0 aliphatic carbocycles. The van der Waals surface area contributed by atoms with Gasteiger partial charge >= 0.3 is 5.97 Å². The number of nitriles is 1. The smallest absolute Gasteiger partial charge is 0.313 e. The second-order valence-electron chi connectivity index (χ2n) is 8.42. The van der Waals surface area contributed by atoms with E-state index in [0.29, 0.717) is 44.5 Å². The highest BCUT2D eigenvalue weighted by Crippen LogP contribution is 2.31. The fraction of sp³-hybridized carbons (Fsp3) is 0.464. The summed E-state index contributed by atoms with van der Waals surface area (Å²) in [4.78, 5) is 27.8. The predicted octanol–water partition coefficient (Wildman–Crippen LogP) is 6.11. The van der Waals surface area contributed by atoms with Crippen molar-refractivity contribution in [3.8, 4) is 17.2 Å². The Labute approximate surface area is 198 Å². The van der Waals surface area contributed by atoms with Crippen LogP contribution in [0.25, 0.3) is 11.1 Å². The molecule has 0 aliphatic heterocycles. The Bertz CT molecular complexity index is 956. The number of carbonyl (C=O) groups excluding carboxylic acids is 2. The molecule has 2 rings (SSSR count). The molecular formula is C28H36N2O3. The molecule has 0 saturated heterocycles. The number of hydrogen-bond acceptors (Lipinski definition) is 4. The third kappa shape index (κ3) is 6.68. The van der Waals surface area contributed by atoms with E-state index >= 15 is 0 Å². The minimum Gasteiger partial charge on any atom is -0.466 e. The standard InChI is InChI=1S/C28H36N2O3/c1-5-9-14-26(31)30(21-28(6-2,7-3)27(32)33-8-4)20-22-15-17-23(18-16-22)25-13-11-10-12-24(25)19-29/h10-13,15-18H,5-9,14,20-21H2,1-4H3. The molecule has 5 heteroatoms. The van der Waals surface area contributed by atoms with E-state index < -0.39 is 5.41 Å². The van der Waals surface area contributed by atoms with E-state index in [1.54, 1.807) is 0 Å². The van der Waals surface area contributed by atoms with Crippen molar-refractivity contribution in [3.63, 3.8) is 0 Å². The minimum absolute atomic E-state index is 0.0614. The Morgan fingerprint density at radius 3 is 2.24 bits per heavy atom. The van der Waals surface area contributed by atoms with Crippen LogP contribution in [0.15, 0.2) is 48.5 Å². The van der Waals surface area contributed by atoms with Crippen molar-refractivity contribution in [1.29, 1.82) is 5.26 Å². The van der Waals surface area contributed by atoms with Crippen LogP contribution in [0.1, 0.15) is 70.9 Å². The first kappa shape index (κ1) is 26.1. The van der Waals surface area contributed by atoms with Gasteiger partial charge in [-0.3, -0.25) is 9.59 Å². The van der Waals surface area contributed by atoms with Crippen LogP contribution in [0.5, 0.6) is 0 Å². The average molecular weight is 449 g/mol. The third-order valence-corrected chi connectivity index (χ3v) is 6.34. The molecule has 2 aromatic rings. The highest BCUT2D eigenvalue weighted by Gasteiger charge is 2.39. The molecule has 0 aromatic heterocycles. The molecule has 0 radical (unpaired) electrons. The highest BCUT2D eigenvalue weighted by molar-refractivity contribution is 5.80. The van der Waals surface area contributed by atoms with Crippen LogP contribution in [0.4, 0.5) is 0 Å². The minimum atomic E-state index is -0.705. The van der Waals surface area contributed by atoms with Gasteiger partial charge in [0.25, 0.3) is 0 Å². The average Bonchev–Trinajstić information content (AvgIpc) is 2.85. The summed E-state index contributed by atoms with van der Waals surface area (Å²) in [6.07, 6.45) is 3.46. The first-order valence-corrected chi connectivity index (χ1v) is 12.0. The topological polar surface area (TPSA) is 70.4 Å². The number of carbonyl (C=O) groups is 2. The molecule has 0 bridgehead atoms. The van der Waals surface area contributed by atoms with E-state index in [0.717, 1.165) is 29.5 Å². The van der Waals surface area contributed by atoms with E-state index in [-0.39, 0.29) is 11.9 Å².